The van der Waals surface area contributed by atoms with E-state index in [1.807, 2.05) is 0 Å². The van der Waals surface area contributed by atoms with Gasteiger partial charge in [0.25, 0.3) is 0 Å². The molecule has 3 rings (SSSR count). The summed E-state index contributed by atoms with van der Waals surface area (Å²) in [5.74, 6) is 2.45. The normalized spacial score (nSPS) is 23.6. The number of nitrogens with one attached hydrogen (secondary N) is 2. The second-order valence-electron chi connectivity index (χ2n) is 7.69. The Morgan fingerprint density at radius 3 is 2.80 bits per heavy atom. The molecule has 5 nitrogen and oxygen atoms in total. The van der Waals surface area contributed by atoms with Crippen molar-refractivity contribution in [2.75, 3.05) is 31.9 Å². The van der Waals surface area contributed by atoms with Crippen molar-refractivity contribution in [2.24, 2.45) is 4.99 Å². The first kappa shape index (κ1) is 18.9. The lowest BCUT2D eigenvalue weighted by molar-refractivity contribution is -0.121. The molecule has 0 atom stereocenters. The van der Waals surface area contributed by atoms with Gasteiger partial charge in [-0.05, 0) is 39.0 Å². The molecule has 1 spiro atoms. The minimum absolute atomic E-state index is 0.193. The summed E-state index contributed by atoms with van der Waals surface area (Å²) >= 11 is 2.19. The number of amides is 1. The van der Waals surface area contributed by atoms with Gasteiger partial charge in [0.2, 0.25) is 5.91 Å². The van der Waals surface area contributed by atoms with Crippen LogP contribution >= 0.6 is 11.8 Å². The van der Waals surface area contributed by atoms with Crippen molar-refractivity contribution < 1.29 is 4.79 Å². The highest BCUT2D eigenvalue weighted by molar-refractivity contribution is 8.00. The first-order valence-electron chi connectivity index (χ1n) is 10.2. The van der Waals surface area contributed by atoms with Crippen molar-refractivity contribution in [1.29, 1.82) is 0 Å². The molecular formula is C19H34N4OS. The monoisotopic (exact) mass is 366 g/mol. The summed E-state index contributed by atoms with van der Waals surface area (Å²) in [6, 6.07) is 0.464. The zero-order valence-electron chi connectivity index (χ0n) is 15.7. The maximum atomic E-state index is 11.8. The van der Waals surface area contributed by atoms with Crippen molar-refractivity contribution >= 4 is 23.6 Å². The Kier molecular flexibility index (Phi) is 6.91. The van der Waals surface area contributed by atoms with Crippen molar-refractivity contribution in [3.05, 3.63) is 0 Å². The molecule has 0 radical (unpaired) electrons. The lowest BCUT2D eigenvalue weighted by atomic mass is 9.87. The summed E-state index contributed by atoms with van der Waals surface area (Å²) in [4.78, 5) is 19.1. The van der Waals surface area contributed by atoms with E-state index in [1.54, 1.807) is 0 Å². The smallest absolute Gasteiger partial charge is 0.220 e. The molecule has 2 aliphatic carbocycles. The minimum Gasteiger partial charge on any atom is -0.357 e. The van der Waals surface area contributed by atoms with Gasteiger partial charge in [-0.1, -0.05) is 19.3 Å². The number of hydrogen-bond donors (Lipinski definition) is 2. The molecule has 1 aliphatic heterocycles. The molecule has 25 heavy (non-hydrogen) atoms. The Morgan fingerprint density at radius 2 is 2.08 bits per heavy atom. The van der Waals surface area contributed by atoms with Gasteiger partial charge in [0.05, 0.1) is 0 Å². The largest absolute Gasteiger partial charge is 0.357 e. The predicted molar refractivity (Wildman–Crippen MR) is 106 cm³/mol. The zero-order valence-corrected chi connectivity index (χ0v) is 16.5. The van der Waals surface area contributed by atoms with Gasteiger partial charge in [-0.2, -0.15) is 11.8 Å². The molecule has 0 bridgehead atoms. The first-order chi connectivity index (χ1) is 12.2. The quantitative estimate of drug-likeness (QED) is 0.431. The molecule has 2 N–H and O–H groups in total. The van der Waals surface area contributed by atoms with E-state index >= 15 is 0 Å². The average Bonchev–Trinajstić information content (AvgIpc) is 3.42. The van der Waals surface area contributed by atoms with Crippen LogP contribution < -0.4 is 10.6 Å². The summed E-state index contributed by atoms with van der Waals surface area (Å²) in [7, 11) is 0. The highest BCUT2D eigenvalue weighted by atomic mass is 32.2. The molecule has 142 valence electrons. The molecular weight excluding hydrogens is 332 g/mol. The number of carbonyl (C=O) groups is 1. The van der Waals surface area contributed by atoms with Gasteiger partial charge in [0.1, 0.15) is 0 Å². The summed E-state index contributed by atoms with van der Waals surface area (Å²) in [5, 5.41) is 6.52. The van der Waals surface area contributed by atoms with Crippen LogP contribution in [0, 0.1) is 0 Å². The highest BCUT2D eigenvalue weighted by Crippen LogP contribution is 2.42. The standard InChI is InChI=1S/C19H34N4OS/c1-2-20-18(21-12-6-7-17(24)22-16-8-9-16)23-13-14-25-19(15-23)10-4-3-5-11-19/h16H,2-15H2,1H3,(H,20,21)(H,22,24). The Bertz CT molecular complexity index is 467. The Labute approximate surface area is 156 Å². The molecule has 3 fully saturated rings. The van der Waals surface area contributed by atoms with Gasteiger partial charge < -0.3 is 15.5 Å². The second-order valence-corrected chi connectivity index (χ2v) is 9.26. The van der Waals surface area contributed by atoms with E-state index in [1.165, 1.54) is 37.9 Å². The Balaban J connectivity index is 1.49. The van der Waals surface area contributed by atoms with Crippen LogP contribution in [0.25, 0.3) is 0 Å². The number of thioether (sulfide) groups is 1. The summed E-state index contributed by atoms with van der Waals surface area (Å²) < 4.78 is 0.455. The van der Waals surface area contributed by atoms with Crippen molar-refractivity contribution in [2.45, 2.75) is 75.5 Å². The van der Waals surface area contributed by atoms with Gasteiger partial charge in [-0.15, -0.1) is 0 Å². The maximum Gasteiger partial charge on any atom is 0.220 e. The molecule has 1 amide bonds. The number of guanidine groups is 1. The lowest BCUT2D eigenvalue weighted by Crippen LogP contribution is -2.53. The van der Waals surface area contributed by atoms with Gasteiger partial charge in [0, 0.05) is 49.1 Å². The fourth-order valence-electron chi connectivity index (χ4n) is 3.90. The van der Waals surface area contributed by atoms with E-state index in [-0.39, 0.29) is 5.91 Å². The van der Waals surface area contributed by atoms with Crippen LogP contribution in [0.1, 0.15) is 64.7 Å². The van der Waals surface area contributed by atoms with Crippen LogP contribution in [0.3, 0.4) is 0 Å². The Morgan fingerprint density at radius 1 is 1.28 bits per heavy atom. The second kappa shape index (κ2) is 9.15. The van der Waals surface area contributed by atoms with Gasteiger partial charge in [-0.3, -0.25) is 9.79 Å². The molecule has 6 heteroatoms. The molecule has 3 aliphatic rings. The molecule has 2 saturated carbocycles. The van der Waals surface area contributed by atoms with E-state index < -0.39 is 0 Å². The maximum absolute atomic E-state index is 11.8. The molecule has 1 saturated heterocycles. The average molecular weight is 367 g/mol. The number of rotatable bonds is 6. The third-order valence-corrected chi connectivity index (χ3v) is 6.95. The molecule has 0 aromatic heterocycles. The van der Waals surface area contributed by atoms with E-state index in [2.05, 4.69) is 34.2 Å². The van der Waals surface area contributed by atoms with Crippen LogP contribution in [0.4, 0.5) is 0 Å². The Hall–Kier alpha value is -0.910. The van der Waals surface area contributed by atoms with Crippen LogP contribution in [-0.2, 0) is 4.79 Å². The molecule has 0 aromatic carbocycles. The number of hydrogen-bond acceptors (Lipinski definition) is 3. The van der Waals surface area contributed by atoms with Crippen LogP contribution in [-0.4, -0.2) is 59.5 Å². The number of aliphatic imine (C=N–C) groups is 1. The number of nitrogens with zero attached hydrogens (tertiary/aromatic N) is 2. The van der Waals surface area contributed by atoms with Gasteiger partial charge in [0.15, 0.2) is 5.96 Å². The molecule has 0 aromatic rings. The van der Waals surface area contributed by atoms with Crippen LogP contribution in [0.15, 0.2) is 4.99 Å². The van der Waals surface area contributed by atoms with E-state index in [0.717, 1.165) is 51.4 Å². The topological polar surface area (TPSA) is 56.7 Å². The van der Waals surface area contributed by atoms with Crippen molar-refractivity contribution in [3.63, 3.8) is 0 Å². The van der Waals surface area contributed by atoms with Gasteiger partial charge >= 0.3 is 0 Å². The first-order valence-corrected chi connectivity index (χ1v) is 11.2. The minimum atomic E-state index is 0.193. The molecule has 0 unspecified atom stereocenters. The van der Waals surface area contributed by atoms with Crippen molar-refractivity contribution in [1.82, 2.24) is 15.5 Å². The predicted octanol–water partition coefficient (Wildman–Crippen LogP) is 2.76. The highest BCUT2D eigenvalue weighted by Gasteiger charge is 2.38. The summed E-state index contributed by atoms with van der Waals surface area (Å²) in [5.41, 5.74) is 0. The summed E-state index contributed by atoms with van der Waals surface area (Å²) in [6.07, 6.45) is 10.6. The lowest BCUT2D eigenvalue weighted by Gasteiger charge is -2.45. The van der Waals surface area contributed by atoms with E-state index in [0.29, 0.717) is 17.2 Å². The van der Waals surface area contributed by atoms with E-state index in [9.17, 15) is 4.79 Å². The van der Waals surface area contributed by atoms with Crippen LogP contribution in [0.2, 0.25) is 0 Å². The fraction of sp³-hybridized carbons (Fsp3) is 0.895. The zero-order chi connectivity index (χ0) is 17.5. The summed E-state index contributed by atoms with van der Waals surface area (Å²) in [6.45, 7) is 5.98. The third kappa shape index (κ3) is 5.80. The third-order valence-electron chi connectivity index (χ3n) is 5.41. The van der Waals surface area contributed by atoms with Crippen LogP contribution in [0.5, 0.6) is 0 Å². The fourth-order valence-corrected chi connectivity index (χ4v) is 5.47. The van der Waals surface area contributed by atoms with E-state index in [4.69, 9.17) is 4.99 Å². The number of carbonyl (C=O) groups excluding carboxylic acids is 1. The SMILES string of the molecule is CCNC(=NCCCC(=O)NC1CC1)N1CCSC2(CCCCC2)C1. The molecule has 1 heterocycles. The van der Waals surface area contributed by atoms with Gasteiger partial charge in [-0.25, -0.2) is 0 Å². The van der Waals surface area contributed by atoms with Crippen molar-refractivity contribution in [3.8, 4) is 0 Å².